The van der Waals surface area contributed by atoms with E-state index >= 15 is 0 Å². The van der Waals surface area contributed by atoms with Gasteiger partial charge in [0.05, 0.1) is 13.5 Å². The third kappa shape index (κ3) is 4.72. The smallest absolute Gasteiger partial charge is 0.295 e. The van der Waals surface area contributed by atoms with Gasteiger partial charge in [0.25, 0.3) is 6.47 Å². The molecule has 2 aliphatic heterocycles. The van der Waals surface area contributed by atoms with Gasteiger partial charge in [-0.1, -0.05) is 0 Å². The molecule has 0 aromatic heterocycles. The fraction of sp³-hybridized carbons (Fsp3) is 0.812. The second-order valence-corrected chi connectivity index (χ2v) is 6.50. The first kappa shape index (κ1) is 22.8. The van der Waals surface area contributed by atoms with Crippen molar-refractivity contribution in [3.8, 4) is 0 Å². The topological polar surface area (TPSA) is 173 Å². The van der Waals surface area contributed by atoms with E-state index in [2.05, 4.69) is 12.2 Å². The summed E-state index contributed by atoms with van der Waals surface area (Å²) in [6.07, 6.45) is -12.0. The first-order chi connectivity index (χ1) is 13.2. The highest BCUT2D eigenvalue weighted by Gasteiger charge is 2.52. The Morgan fingerprint density at radius 1 is 1.14 bits per heavy atom. The SMILES string of the molecule is [CH2+]C1OC(CO)C(O)C(OC2OC(OC=O)C(OC)C(O)C2O)C1NC(C)=O. The third-order valence-electron chi connectivity index (χ3n) is 4.63. The Morgan fingerprint density at radius 2 is 1.82 bits per heavy atom. The van der Waals surface area contributed by atoms with Crippen LogP contribution in [0, 0.1) is 6.92 Å². The Morgan fingerprint density at radius 3 is 2.36 bits per heavy atom. The van der Waals surface area contributed by atoms with Crippen LogP contribution in [0.3, 0.4) is 0 Å². The maximum Gasteiger partial charge on any atom is 0.295 e. The Hall–Kier alpha value is -1.51. The zero-order valence-electron chi connectivity index (χ0n) is 15.4. The molecule has 1 amide bonds. The predicted molar refractivity (Wildman–Crippen MR) is 88.2 cm³/mol. The molecule has 12 nitrogen and oxygen atoms in total. The molecule has 0 spiro atoms. The van der Waals surface area contributed by atoms with Crippen LogP contribution in [0.25, 0.3) is 0 Å². The molecule has 0 radical (unpaired) electrons. The quantitative estimate of drug-likeness (QED) is 0.208. The molecule has 2 saturated heterocycles. The number of hydrogen-bond acceptors (Lipinski definition) is 11. The van der Waals surface area contributed by atoms with Crippen molar-refractivity contribution < 1.29 is 53.7 Å². The molecule has 12 heteroatoms. The molecule has 0 aromatic rings. The van der Waals surface area contributed by atoms with Crippen LogP contribution in [0.15, 0.2) is 0 Å². The highest BCUT2D eigenvalue weighted by Crippen LogP contribution is 2.30. The fourth-order valence-electron chi connectivity index (χ4n) is 3.24. The van der Waals surface area contributed by atoms with Crippen molar-refractivity contribution in [1.29, 1.82) is 0 Å². The van der Waals surface area contributed by atoms with Crippen molar-refractivity contribution in [3.05, 3.63) is 6.92 Å². The van der Waals surface area contributed by atoms with E-state index in [4.69, 9.17) is 23.7 Å². The number of aliphatic hydroxyl groups is 4. The summed E-state index contributed by atoms with van der Waals surface area (Å²) in [5.41, 5.74) is 0. The van der Waals surface area contributed by atoms with Gasteiger partial charge in [-0.15, -0.1) is 0 Å². The average Bonchev–Trinajstić information content (AvgIpc) is 2.64. The summed E-state index contributed by atoms with van der Waals surface area (Å²) in [5.74, 6) is -0.461. The van der Waals surface area contributed by atoms with Gasteiger partial charge in [-0.2, -0.15) is 0 Å². The Balaban J connectivity index is 2.24. The van der Waals surface area contributed by atoms with E-state index < -0.39 is 73.9 Å². The monoisotopic (exact) mass is 408 g/mol. The van der Waals surface area contributed by atoms with E-state index in [1.165, 1.54) is 14.0 Å². The number of rotatable bonds is 7. The van der Waals surface area contributed by atoms with Crippen LogP contribution in [-0.4, -0.2) is 108 Å². The normalized spacial score (nSPS) is 43.9. The lowest BCUT2D eigenvalue weighted by Crippen LogP contribution is -2.67. The number of aliphatic hydroxyl groups excluding tert-OH is 4. The summed E-state index contributed by atoms with van der Waals surface area (Å²) in [6, 6.07) is -0.964. The van der Waals surface area contributed by atoms with E-state index in [0.717, 1.165) is 0 Å². The lowest BCUT2D eigenvalue weighted by Gasteiger charge is -2.45. The minimum absolute atomic E-state index is 0.0787. The van der Waals surface area contributed by atoms with E-state index in [9.17, 15) is 30.0 Å². The molecule has 0 saturated carbocycles. The van der Waals surface area contributed by atoms with Crippen molar-refractivity contribution >= 4 is 12.4 Å². The number of methoxy groups -OCH3 is 1. The molecule has 160 valence electrons. The van der Waals surface area contributed by atoms with E-state index in [1.54, 1.807) is 0 Å². The highest BCUT2D eigenvalue weighted by molar-refractivity contribution is 5.73. The second kappa shape index (κ2) is 9.80. The lowest BCUT2D eigenvalue weighted by molar-refractivity contribution is -0.362. The summed E-state index contributed by atoms with van der Waals surface area (Å²) in [5, 5.41) is 42.9. The standard InChI is InChI=1S/C16H25NO11/c1-6-9(17-7(2)20)13(10(21)8(4-18)26-6)27-15-12(23)11(22)14(24-3)16(28-15)25-5-19/h5-6,8-16,18,21-23H,1,4H2,2-3H3/p+1. The van der Waals surface area contributed by atoms with Crippen LogP contribution in [-0.2, 0) is 33.3 Å². The highest BCUT2D eigenvalue weighted by atomic mass is 16.8. The third-order valence-corrected chi connectivity index (χ3v) is 4.63. The van der Waals surface area contributed by atoms with Crippen LogP contribution in [0.5, 0.6) is 0 Å². The Labute approximate surface area is 161 Å². The number of ether oxygens (including phenoxy) is 5. The number of carbonyl (C=O) groups is 2. The van der Waals surface area contributed by atoms with Gasteiger partial charge < -0.3 is 49.4 Å². The maximum atomic E-state index is 11.5. The minimum Gasteiger partial charge on any atom is -0.435 e. The van der Waals surface area contributed by atoms with Crippen molar-refractivity contribution in [2.45, 2.75) is 68.3 Å². The molecule has 2 rings (SSSR count). The number of amides is 1. The maximum absolute atomic E-state index is 11.5. The molecule has 28 heavy (non-hydrogen) atoms. The average molecular weight is 408 g/mol. The van der Waals surface area contributed by atoms with E-state index in [0.29, 0.717) is 0 Å². The van der Waals surface area contributed by atoms with Gasteiger partial charge in [-0.3, -0.25) is 9.59 Å². The Bertz CT molecular complexity index is 535. The van der Waals surface area contributed by atoms with Crippen LogP contribution in [0.1, 0.15) is 6.92 Å². The van der Waals surface area contributed by atoms with Gasteiger partial charge in [-0.25, -0.2) is 0 Å². The largest absolute Gasteiger partial charge is 0.435 e. The Kier molecular flexibility index (Phi) is 7.97. The molecule has 2 heterocycles. The number of nitrogens with one attached hydrogen (secondary N) is 1. The van der Waals surface area contributed by atoms with Gasteiger partial charge in [0.1, 0.15) is 42.7 Å². The zero-order valence-corrected chi connectivity index (χ0v) is 15.4. The van der Waals surface area contributed by atoms with Crippen molar-refractivity contribution in [2.24, 2.45) is 0 Å². The second-order valence-electron chi connectivity index (χ2n) is 6.50. The van der Waals surface area contributed by atoms with Crippen molar-refractivity contribution in [3.63, 3.8) is 0 Å². The molecule has 0 bridgehead atoms. The van der Waals surface area contributed by atoms with Crippen molar-refractivity contribution in [1.82, 2.24) is 5.32 Å². The van der Waals surface area contributed by atoms with Crippen molar-refractivity contribution in [2.75, 3.05) is 13.7 Å². The molecular weight excluding hydrogens is 382 g/mol. The molecule has 0 aliphatic carbocycles. The molecule has 2 fully saturated rings. The molecule has 10 unspecified atom stereocenters. The molecule has 0 aromatic carbocycles. The first-order valence-electron chi connectivity index (χ1n) is 8.58. The summed E-state index contributed by atoms with van der Waals surface area (Å²) in [7, 11) is 1.22. The minimum atomic E-state index is -1.64. The summed E-state index contributed by atoms with van der Waals surface area (Å²) in [6.45, 7) is 4.49. The van der Waals surface area contributed by atoms with Crippen LogP contribution >= 0.6 is 0 Å². The predicted octanol–water partition coefficient (Wildman–Crippen LogP) is -3.58. The van der Waals surface area contributed by atoms with Gasteiger partial charge in [0, 0.05) is 14.0 Å². The van der Waals surface area contributed by atoms with Gasteiger partial charge >= 0.3 is 0 Å². The summed E-state index contributed by atoms with van der Waals surface area (Å²) >= 11 is 0. The lowest BCUT2D eigenvalue weighted by atomic mass is 9.92. The molecule has 10 atom stereocenters. The molecule has 2 aliphatic rings. The van der Waals surface area contributed by atoms with Crippen LogP contribution in [0.4, 0.5) is 0 Å². The van der Waals surface area contributed by atoms with Gasteiger partial charge in [-0.05, 0) is 0 Å². The number of hydrogen-bond donors (Lipinski definition) is 5. The molecule has 5 N–H and O–H groups in total. The van der Waals surface area contributed by atoms with Crippen LogP contribution < -0.4 is 5.32 Å². The van der Waals surface area contributed by atoms with Gasteiger partial charge in [0.15, 0.2) is 6.29 Å². The number of carbonyl (C=O) groups excluding carboxylic acids is 2. The fourth-order valence-corrected chi connectivity index (χ4v) is 3.24. The summed E-state index contributed by atoms with van der Waals surface area (Å²) < 4.78 is 26.1. The van der Waals surface area contributed by atoms with Crippen LogP contribution in [0.2, 0.25) is 0 Å². The first-order valence-corrected chi connectivity index (χ1v) is 8.58. The van der Waals surface area contributed by atoms with Gasteiger partial charge in [0.2, 0.25) is 18.3 Å². The van der Waals surface area contributed by atoms with E-state index in [1.807, 2.05) is 0 Å². The summed E-state index contributed by atoms with van der Waals surface area (Å²) in [4.78, 5) is 22.2. The zero-order chi connectivity index (χ0) is 21.0. The van der Waals surface area contributed by atoms with E-state index in [-0.39, 0.29) is 6.47 Å². The molecular formula is C16H26NO11+.